The molecule has 2 amide bonds. The van der Waals surface area contributed by atoms with E-state index in [0.717, 1.165) is 5.56 Å². The predicted octanol–water partition coefficient (Wildman–Crippen LogP) is 2.75. The maximum Gasteiger partial charge on any atom is 0.262 e. The Kier molecular flexibility index (Phi) is 4.75. The average molecular weight is 365 g/mol. The number of rotatable bonds is 5. The Morgan fingerprint density at radius 1 is 0.963 bits per heavy atom. The van der Waals surface area contributed by atoms with Crippen molar-refractivity contribution in [1.29, 1.82) is 0 Å². The van der Waals surface area contributed by atoms with Gasteiger partial charge >= 0.3 is 0 Å². The minimum atomic E-state index is -0.807. The molecule has 2 aromatic carbocycles. The molecule has 6 heteroatoms. The van der Waals surface area contributed by atoms with Gasteiger partial charge in [-0.25, -0.2) is 0 Å². The molecule has 0 saturated carbocycles. The van der Waals surface area contributed by atoms with E-state index in [9.17, 15) is 9.59 Å². The van der Waals surface area contributed by atoms with Crippen molar-refractivity contribution in [2.45, 2.75) is 25.0 Å². The predicted molar refractivity (Wildman–Crippen MR) is 96.8 cm³/mol. The zero-order valence-corrected chi connectivity index (χ0v) is 14.8. The fourth-order valence-electron chi connectivity index (χ4n) is 3.41. The van der Waals surface area contributed by atoms with Crippen LogP contribution in [0.25, 0.3) is 0 Å². The number of ether oxygens (including phenoxy) is 3. The summed E-state index contributed by atoms with van der Waals surface area (Å²) < 4.78 is 16.9. The van der Waals surface area contributed by atoms with E-state index in [1.165, 1.54) is 18.3 Å². The second kappa shape index (κ2) is 7.34. The summed E-state index contributed by atoms with van der Waals surface area (Å²) >= 11 is 0. The number of fused-ring (bicyclic) bond motifs is 1. The number of benzene rings is 2. The van der Waals surface area contributed by atoms with Gasteiger partial charge in [-0.2, -0.15) is 0 Å². The maximum atomic E-state index is 12.9. The number of carbonyl (C=O) groups is 2. The van der Waals surface area contributed by atoms with Gasteiger partial charge in [-0.3, -0.25) is 14.5 Å². The van der Waals surface area contributed by atoms with E-state index >= 15 is 0 Å². The van der Waals surface area contributed by atoms with Crippen LogP contribution in [0.15, 0.2) is 66.9 Å². The van der Waals surface area contributed by atoms with Crippen LogP contribution in [-0.2, 0) is 20.8 Å². The summed E-state index contributed by atoms with van der Waals surface area (Å²) in [5, 5.41) is 0. The van der Waals surface area contributed by atoms with Gasteiger partial charge in [0.1, 0.15) is 12.1 Å². The van der Waals surface area contributed by atoms with Gasteiger partial charge in [0, 0.05) is 7.11 Å². The molecular formula is C21H19NO5. The minimum Gasteiger partial charge on any atom is -0.470 e. The highest BCUT2D eigenvalue weighted by atomic mass is 16.7. The highest BCUT2D eigenvalue weighted by Gasteiger charge is 2.48. The quantitative estimate of drug-likeness (QED) is 0.763. The van der Waals surface area contributed by atoms with Crippen molar-refractivity contribution in [3.05, 3.63) is 83.6 Å². The molecule has 138 valence electrons. The lowest BCUT2D eigenvalue weighted by Gasteiger charge is -2.38. The second-order valence-electron chi connectivity index (χ2n) is 6.35. The standard InChI is InChI=1S/C21H19NO5/c1-25-21-18(22-19(23)15-9-5-6-10-16(15)20(22)24)17(11-12-26-21)27-13-14-7-3-2-4-8-14/h2-12,17-18,21H,13H2,1H3/t17-,18+,21-/m0/s1. The molecule has 0 radical (unpaired) electrons. The molecule has 27 heavy (non-hydrogen) atoms. The number of amides is 2. The molecule has 2 aliphatic heterocycles. The third kappa shape index (κ3) is 3.13. The number of imide groups is 1. The van der Waals surface area contributed by atoms with Gasteiger partial charge in [0.25, 0.3) is 11.8 Å². The molecule has 0 unspecified atom stereocenters. The zero-order chi connectivity index (χ0) is 18.8. The van der Waals surface area contributed by atoms with Crippen molar-refractivity contribution in [3.63, 3.8) is 0 Å². The minimum absolute atomic E-state index is 0.339. The van der Waals surface area contributed by atoms with Crippen LogP contribution in [0.1, 0.15) is 26.3 Å². The van der Waals surface area contributed by atoms with Gasteiger partial charge in [0.05, 0.1) is 24.0 Å². The summed E-state index contributed by atoms with van der Waals surface area (Å²) in [4.78, 5) is 27.0. The monoisotopic (exact) mass is 365 g/mol. The molecule has 2 aliphatic rings. The van der Waals surface area contributed by atoms with Crippen LogP contribution >= 0.6 is 0 Å². The number of nitrogens with zero attached hydrogens (tertiary/aromatic N) is 1. The molecule has 0 spiro atoms. The molecule has 4 rings (SSSR count). The first-order valence-electron chi connectivity index (χ1n) is 8.68. The Morgan fingerprint density at radius 3 is 2.22 bits per heavy atom. The third-order valence-electron chi connectivity index (χ3n) is 4.74. The summed E-state index contributed by atoms with van der Waals surface area (Å²) in [6.45, 7) is 0.339. The van der Waals surface area contributed by atoms with Crippen LogP contribution in [0.3, 0.4) is 0 Å². The van der Waals surface area contributed by atoms with E-state index in [1.807, 2.05) is 30.3 Å². The van der Waals surface area contributed by atoms with Crippen molar-refractivity contribution in [2.24, 2.45) is 0 Å². The van der Waals surface area contributed by atoms with Crippen molar-refractivity contribution in [2.75, 3.05) is 7.11 Å². The largest absolute Gasteiger partial charge is 0.470 e. The summed E-state index contributed by atoms with van der Waals surface area (Å²) in [5.74, 6) is -0.732. The topological polar surface area (TPSA) is 65.1 Å². The molecule has 0 bridgehead atoms. The normalized spacial score (nSPS) is 24.0. The van der Waals surface area contributed by atoms with Gasteiger partial charge in [-0.05, 0) is 23.8 Å². The Hall–Kier alpha value is -2.96. The zero-order valence-electron chi connectivity index (χ0n) is 14.8. The number of hydrogen-bond acceptors (Lipinski definition) is 5. The highest BCUT2D eigenvalue weighted by Crippen LogP contribution is 2.31. The first-order chi connectivity index (χ1) is 13.2. The first-order valence-corrected chi connectivity index (χ1v) is 8.68. The van der Waals surface area contributed by atoms with Crippen molar-refractivity contribution >= 4 is 11.8 Å². The van der Waals surface area contributed by atoms with E-state index in [0.29, 0.717) is 17.7 Å². The first kappa shape index (κ1) is 17.5. The average Bonchev–Trinajstić information content (AvgIpc) is 2.97. The van der Waals surface area contributed by atoms with Crippen LogP contribution in [-0.4, -0.2) is 42.3 Å². The molecule has 3 atom stereocenters. The lowest BCUT2D eigenvalue weighted by Crippen LogP contribution is -2.56. The summed E-state index contributed by atoms with van der Waals surface area (Å²) in [7, 11) is 1.48. The Balaban J connectivity index is 1.62. The van der Waals surface area contributed by atoms with E-state index in [1.54, 1.807) is 30.3 Å². The van der Waals surface area contributed by atoms with Gasteiger partial charge < -0.3 is 14.2 Å². The molecule has 2 heterocycles. The lowest BCUT2D eigenvalue weighted by molar-refractivity contribution is -0.158. The number of hydrogen-bond donors (Lipinski definition) is 0. The van der Waals surface area contributed by atoms with E-state index < -0.39 is 18.4 Å². The van der Waals surface area contributed by atoms with Crippen LogP contribution in [0.4, 0.5) is 0 Å². The third-order valence-corrected chi connectivity index (χ3v) is 4.74. The van der Waals surface area contributed by atoms with Crippen molar-refractivity contribution in [1.82, 2.24) is 4.90 Å². The molecular weight excluding hydrogens is 346 g/mol. The number of carbonyl (C=O) groups excluding carboxylic acids is 2. The number of methoxy groups -OCH3 is 1. The maximum absolute atomic E-state index is 12.9. The van der Waals surface area contributed by atoms with E-state index in [2.05, 4.69) is 0 Å². The summed E-state index contributed by atoms with van der Waals surface area (Å²) in [6, 6.07) is 15.7. The molecule has 0 N–H and O–H groups in total. The molecule has 0 saturated heterocycles. The van der Waals surface area contributed by atoms with Gasteiger partial charge in [-0.1, -0.05) is 42.5 Å². The Bertz CT molecular complexity index is 844. The molecule has 2 aromatic rings. The second-order valence-corrected chi connectivity index (χ2v) is 6.35. The molecule has 0 aromatic heterocycles. The fourth-order valence-corrected chi connectivity index (χ4v) is 3.41. The Labute approximate surface area is 156 Å². The highest BCUT2D eigenvalue weighted by molar-refractivity contribution is 6.21. The van der Waals surface area contributed by atoms with Crippen LogP contribution in [0, 0.1) is 0 Å². The van der Waals surface area contributed by atoms with Gasteiger partial charge in [-0.15, -0.1) is 0 Å². The van der Waals surface area contributed by atoms with Crippen LogP contribution in [0.2, 0.25) is 0 Å². The SMILES string of the molecule is CO[C@H]1OC=C[C@H](OCc2ccccc2)[C@H]1N1C(=O)c2ccccc2C1=O. The van der Waals surface area contributed by atoms with Crippen LogP contribution < -0.4 is 0 Å². The van der Waals surface area contributed by atoms with E-state index in [4.69, 9.17) is 14.2 Å². The lowest BCUT2D eigenvalue weighted by atomic mass is 10.1. The molecule has 0 fully saturated rings. The fraction of sp³-hybridized carbons (Fsp3) is 0.238. The van der Waals surface area contributed by atoms with Crippen LogP contribution in [0.5, 0.6) is 0 Å². The molecule has 0 aliphatic carbocycles. The van der Waals surface area contributed by atoms with Gasteiger partial charge in [0.15, 0.2) is 0 Å². The van der Waals surface area contributed by atoms with E-state index in [-0.39, 0.29) is 11.8 Å². The smallest absolute Gasteiger partial charge is 0.262 e. The summed E-state index contributed by atoms with van der Waals surface area (Å²) in [5.41, 5.74) is 1.76. The van der Waals surface area contributed by atoms with Crippen molar-refractivity contribution < 1.29 is 23.8 Å². The van der Waals surface area contributed by atoms with Gasteiger partial charge in [0.2, 0.25) is 6.29 Å². The molecule has 6 nitrogen and oxygen atoms in total. The van der Waals surface area contributed by atoms with Crippen molar-refractivity contribution in [3.8, 4) is 0 Å². The summed E-state index contributed by atoms with van der Waals surface area (Å²) in [6.07, 6.45) is 1.83. The Morgan fingerprint density at radius 2 is 1.59 bits per heavy atom.